The Kier molecular flexibility index (Phi) is 4.59. The number of nitrogen functional groups attached to an aromatic ring is 1. The lowest BCUT2D eigenvalue weighted by Gasteiger charge is -2.39. The highest BCUT2D eigenvalue weighted by molar-refractivity contribution is 7.99. The fourth-order valence-corrected chi connectivity index (χ4v) is 5.76. The number of hydrogen-bond donors (Lipinski definition) is 1. The Balaban J connectivity index is 1.43. The summed E-state index contributed by atoms with van der Waals surface area (Å²) < 4.78 is 2.09. The van der Waals surface area contributed by atoms with Gasteiger partial charge in [-0.3, -0.25) is 4.40 Å². The van der Waals surface area contributed by atoms with Crippen molar-refractivity contribution in [3.63, 3.8) is 0 Å². The molecule has 6 nitrogen and oxygen atoms in total. The molecule has 146 valence electrons. The molecule has 4 heterocycles. The van der Waals surface area contributed by atoms with Crippen LogP contribution < -0.4 is 10.6 Å². The summed E-state index contributed by atoms with van der Waals surface area (Å²) in [6, 6.07) is 1.78. The van der Waals surface area contributed by atoms with Gasteiger partial charge in [0.25, 0.3) is 0 Å². The topological polar surface area (TPSA) is 72.3 Å². The van der Waals surface area contributed by atoms with Crippen LogP contribution in [-0.2, 0) is 0 Å². The molecule has 0 unspecified atom stereocenters. The summed E-state index contributed by atoms with van der Waals surface area (Å²) in [6.07, 6.45) is 15.4. The number of imidazole rings is 1. The van der Waals surface area contributed by atoms with E-state index in [4.69, 9.17) is 22.3 Å². The minimum atomic E-state index is 0.449. The maximum absolute atomic E-state index is 6.29. The number of halogens is 1. The molecule has 2 aliphatic rings. The summed E-state index contributed by atoms with van der Waals surface area (Å²) >= 11 is 7.81. The van der Waals surface area contributed by atoms with Crippen molar-refractivity contribution in [2.24, 2.45) is 5.41 Å². The van der Waals surface area contributed by atoms with Gasteiger partial charge in [0.15, 0.2) is 5.65 Å². The Morgan fingerprint density at radius 1 is 1.00 bits per heavy atom. The molecular formula is C20H23ClN6S. The van der Waals surface area contributed by atoms with Gasteiger partial charge in [-0.1, -0.05) is 36.2 Å². The first-order valence-corrected chi connectivity index (χ1v) is 11.0. The van der Waals surface area contributed by atoms with E-state index in [2.05, 4.69) is 19.3 Å². The van der Waals surface area contributed by atoms with Gasteiger partial charge in [-0.2, -0.15) is 0 Å². The lowest BCUT2D eigenvalue weighted by atomic mass is 9.77. The summed E-state index contributed by atoms with van der Waals surface area (Å²) in [5, 5.41) is 0.575. The average molecular weight is 415 g/mol. The molecule has 1 aliphatic carbocycles. The molecular weight excluding hydrogens is 392 g/mol. The summed E-state index contributed by atoms with van der Waals surface area (Å²) in [5.74, 6) is 1.43. The first-order chi connectivity index (χ1) is 13.6. The van der Waals surface area contributed by atoms with Crippen LogP contribution in [0, 0.1) is 5.41 Å². The van der Waals surface area contributed by atoms with E-state index in [-0.39, 0.29) is 0 Å². The molecule has 5 rings (SSSR count). The zero-order valence-electron chi connectivity index (χ0n) is 15.6. The quantitative estimate of drug-likeness (QED) is 0.671. The van der Waals surface area contributed by atoms with Crippen LogP contribution in [0.4, 0.5) is 11.8 Å². The predicted octanol–water partition coefficient (Wildman–Crippen LogP) is 4.67. The van der Waals surface area contributed by atoms with E-state index < -0.39 is 0 Å². The Morgan fingerprint density at radius 2 is 1.79 bits per heavy atom. The van der Waals surface area contributed by atoms with Crippen LogP contribution >= 0.6 is 23.4 Å². The molecule has 1 spiro atoms. The van der Waals surface area contributed by atoms with Crippen molar-refractivity contribution < 1.29 is 0 Å². The number of aromatic nitrogens is 4. The van der Waals surface area contributed by atoms with Crippen molar-refractivity contribution in [3.8, 4) is 0 Å². The van der Waals surface area contributed by atoms with Crippen molar-refractivity contribution in [2.75, 3.05) is 23.7 Å². The van der Waals surface area contributed by atoms with Gasteiger partial charge in [-0.15, -0.1) is 0 Å². The summed E-state index contributed by atoms with van der Waals surface area (Å²) in [7, 11) is 0. The van der Waals surface area contributed by atoms with Gasteiger partial charge in [-0.05, 0) is 37.2 Å². The van der Waals surface area contributed by atoms with E-state index in [0.717, 1.165) is 34.5 Å². The molecule has 8 heteroatoms. The van der Waals surface area contributed by atoms with E-state index in [0.29, 0.717) is 16.3 Å². The van der Waals surface area contributed by atoms with Crippen LogP contribution in [0.2, 0.25) is 5.02 Å². The zero-order chi connectivity index (χ0) is 19.1. The number of hydrogen-bond acceptors (Lipinski definition) is 6. The third-order valence-corrected chi connectivity index (χ3v) is 7.69. The van der Waals surface area contributed by atoms with Gasteiger partial charge in [0.1, 0.15) is 5.82 Å². The first kappa shape index (κ1) is 18.1. The van der Waals surface area contributed by atoms with Gasteiger partial charge >= 0.3 is 0 Å². The molecule has 1 saturated carbocycles. The normalized spacial score (nSPS) is 19.0. The zero-order valence-corrected chi connectivity index (χ0v) is 17.2. The van der Waals surface area contributed by atoms with Crippen molar-refractivity contribution in [3.05, 3.63) is 35.9 Å². The number of nitrogens with zero attached hydrogens (tertiary/aromatic N) is 5. The van der Waals surface area contributed by atoms with Crippen molar-refractivity contribution in [1.29, 1.82) is 0 Å². The SMILES string of the molecule is Nc1cc(Sc2cnc(N3CCC4(CCCC4)CC3)n3ccnc23)c(Cl)cn1. The maximum Gasteiger partial charge on any atom is 0.211 e. The highest BCUT2D eigenvalue weighted by atomic mass is 35.5. The maximum atomic E-state index is 6.29. The molecule has 0 aromatic carbocycles. The molecule has 0 amide bonds. The minimum absolute atomic E-state index is 0.449. The lowest BCUT2D eigenvalue weighted by molar-refractivity contribution is 0.225. The Bertz CT molecular complexity index is 1000. The van der Waals surface area contributed by atoms with Crippen LogP contribution in [0.15, 0.2) is 40.6 Å². The van der Waals surface area contributed by atoms with Crippen LogP contribution in [0.25, 0.3) is 5.65 Å². The van der Waals surface area contributed by atoms with E-state index in [1.54, 1.807) is 12.3 Å². The second-order valence-corrected chi connectivity index (χ2v) is 9.37. The first-order valence-electron chi connectivity index (χ1n) is 9.80. The summed E-state index contributed by atoms with van der Waals surface area (Å²) in [4.78, 5) is 17.6. The predicted molar refractivity (Wildman–Crippen MR) is 113 cm³/mol. The molecule has 1 saturated heterocycles. The van der Waals surface area contributed by atoms with Gasteiger partial charge < -0.3 is 10.6 Å². The highest BCUT2D eigenvalue weighted by Crippen LogP contribution is 2.46. The number of piperidine rings is 1. The van der Waals surface area contributed by atoms with Crippen LogP contribution in [0.3, 0.4) is 0 Å². The van der Waals surface area contributed by atoms with E-state index in [1.807, 2.05) is 18.6 Å². The Hall–Kier alpha value is -1.99. The van der Waals surface area contributed by atoms with Crippen molar-refractivity contribution in [2.45, 2.75) is 48.3 Å². The molecule has 2 fully saturated rings. The summed E-state index contributed by atoms with van der Waals surface area (Å²) in [5.41, 5.74) is 7.31. The number of anilines is 2. The molecule has 1 aliphatic heterocycles. The number of pyridine rings is 1. The van der Waals surface area contributed by atoms with Crippen LogP contribution in [0.5, 0.6) is 0 Å². The second kappa shape index (κ2) is 7.12. The number of nitrogens with two attached hydrogens (primary N) is 1. The van der Waals surface area contributed by atoms with E-state index in [1.165, 1.54) is 50.3 Å². The average Bonchev–Trinajstić information content (AvgIpc) is 3.36. The van der Waals surface area contributed by atoms with Crippen molar-refractivity contribution >= 4 is 40.8 Å². The molecule has 3 aromatic heterocycles. The van der Waals surface area contributed by atoms with Crippen molar-refractivity contribution in [1.82, 2.24) is 19.4 Å². The van der Waals surface area contributed by atoms with Gasteiger partial charge in [0.2, 0.25) is 5.95 Å². The third kappa shape index (κ3) is 3.20. The van der Waals surface area contributed by atoms with Crippen LogP contribution in [-0.4, -0.2) is 32.4 Å². The highest BCUT2D eigenvalue weighted by Gasteiger charge is 2.37. The largest absolute Gasteiger partial charge is 0.384 e. The Labute approximate surface area is 173 Å². The summed E-state index contributed by atoms with van der Waals surface area (Å²) in [6.45, 7) is 2.14. The fraction of sp³-hybridized carbons (Fsp3) is 0.450. The fourth-order valence-electron chi connectivity index (χ4n) is 4.63. The van der Waals surface area contributed by atoms with Gasteiger partial charge in [0.05, 0.1) is 9.92 Å². The number of rotatable bonds is 3. The monoisotopic (exact) mass is 414 g/mol. The molecule has 0 bridgehead atoms. The third-order valence-electron chi connectivity index (χ3n) is 6.21. The Morgan fingerprint density at radius 3 is 2.57 bits per heavy atom. The van der Waals surface area contributed by atoms with Crippen LogP contribution in [0.1, 0.15) is 38.5 Å². The molecule has 0 atom stereocenters. The molecule has 2 N–H and O–H groups in total. The van der Waals surface area contributed by atoms with E-state index >= 15 is 0 Å². The standard InChI is InChI=1S/C20H23ClN6S/c21-14-12-24-17(22)11-15(14)28-16-13-25-19(27-10-7-23-18(16)27)26-8-5-20(6-9-26)3-1-2-4-20/h7,10-13H,1-6,8-9H2,(H2,22,24). The lowest BCUT2D eigenvalue weighted by Crippen LogP contribution is -2.40. The van der Waals surface area contributed by atoms with Gasteiger partial charge in [0, 0.05) is 42.8 Å². The molecule has 0 radical (unpaired) electrons. The van der Waals surface area contributed by atoms with Gasteiger partial charge in [-0.25, -0.2) is 15.0 Å². The second-order valence-electron chi connectivity index (χ2n) is 7.88. The minimum Gasteiger partial charge on any atom is -0.384 e. The van der Waals surface area contributed by atoms with E-state index in [9.17, 15) is 0 Å². The number of fused-ring (bicyclic) bond motifs is 1. The molecule has 3 aromatic rings. The smallest absolute Gasteiger partial charge is 0.211 e. The molecule has 28 heavy (non-hydrogen) atoms.